The Morgan fingerprint density at radius 1 is 1.00 bits per heavy atom. The van der Waals surface area contributed by atoms with Gasteiger partial charge in [-0.15, -0.1) is 0 Å². The summed E-state index contributed by atoms with van der Waals surface area (Å²) in [5, 5.41) is 3.53. The molecular formula is C21H17Cl2NO3. The van der Waals surface area contributed by atoms with E-state index < -0.39 is 0 Å². The zero-order chi connectivity index (χ0) is 18.8. The summed E-state index contributed by atoms with van der Waals surface area (Å²) >= 11 is 11.8. The van der Waals surface area contributed by atoms with Crippen LogP contribution in [0.1, 0.15) is 33.9 Å². The number of hydrogen-bond acceptors (Lipinski definition) is 3. The second-order valence-electron chi connectivity index (χ2n) is 6.42. The fraction of sp³-hybridized carbons (Fsp3) is 0.190. The third kappa shape index (κ3) is 4.12. The molecule has 1 N–H and O–H groups in total. The highest BCUT2D eigenvalue weighted by atomic mass is 35.5. The fourth-order valence-corrected chi connectivity index (χ4v) is 3.43. The first-order chi connectivity index (χ1) is 13.1. The van der Waals surface area contributed by atoms with E-state index in [2.05, 4.69) is 17.4 Å². The zero-order valence-electron chi connectivity index (χ0n) is 14.4. The highest BCUT2D eigenvalue weighted by Crippen LogP contribution is 2.27. The molecule has 0 bridgehead atoms. The molecule has 0 unspecified atom stereocenters. The van der Waals surface area contributed by atoms with Crippen LogP contribution in [0.5, 0.6) is 5.75 Å². The minimum absolute atomic E-state index is 0.202. The molecule has 0 aliphatic heterocycles. The molecule has 1 heterocycles. The van der Waals surface area contributed by atoms with Crippen molar-refractivity contribution in [2.45, 2.75) is 25.9 Å². The van der Waals surface area contributed by atoms with Crippen molar-refractivity contribution in [3.8, 4) is 5.75 Å². The number of hydrogen-bond donors (Lipinski definition) is 1. The van der Waals surface area contributed by atoms with E-state index in [1.54, 1.807) is 30.3 Å². The molecular weight excluding hydrogens is 385 g/mol. The molecule has 4 rings (SSSR count). The molecule has 0 atom stereocenters. The molecule has 3 aromatic rings. The van der Waals surface area contributed by atoms with Crippen LogP contribution in [-0.4, -0.2) is 5.91 Å². The molecule has 0 spiro atoms. The van der Waals surface area contributed by atoms with Crippen LogP contribution in [0, 0.1) is 0 Å². The van der Waals surface area contributed by atoms with E-state index in [0.717, 1.165) is 18.6 Å². The van der Waals surface area contributed by atoms with Crippen LogP contribution >= 0.6 is 23.2 Å². The second kappa shape index (κ2) is 7.67. The summed E-state index contributed by atoms with van der Waals surface area (Å²) in [5.74, 6) is 1.23. The first kappa shape index (κ1) is 18.0. The van der Waals surface area contributed by atoms with Gasteiger partial charge in [-0.1, -0.05) is 29.3 Å². The van der Waals surface area contributed by atoms with E-state index in [4.69, 9.17) is 32.4 Å². The van der Waals surface area contributed by atoms with Crippen LogP contribution in [0.15, 0.2) is 52.9 Å². The van der Waals surface area contributed by atoms with Crippen molar-refractivity contribution in [2.24, 2.45) is 0 Å². The highest BCUT2D eigenvalue weighted by Gasteiger charge is 2.14. The normalized spacial score (nSPS) is 12.7. The Hall–Kier alpha value is -2.43. The molecule has 6 heteroatoms. The summed E-state index contributed by atoms with van der Waals surface area (Å²) in [6.45, 7) is 0.263. The van der Waals surface area contributed by atoms with Crippen molar-refractivity contribution in [1.29, 1.82) is 0 Å². The van der Waals surface area contributed by atoms with Crippen LogP contribution < -0.4 is 10.1 Å². The third-order valence-electron chi connectivity index (χ3n) is 4.51. The Bertz CT molecular complexity index is 997. The molecule has 0 fully saturated rings. The molecule has 2 aromatic carbocycles. The molecule has 1 aliphatic rings. The summed E-state index contributed by atoms with van der Waals surface area (Å²) in [7, 11) is 0. The number of anilines is 1. The molecule has 0 saturated heterocycles. The first-order valence-electron chi connectivity index (χ1n) is 8.68. The summed E-state index contributed by atoms with van der Waals surface area (Å²) in [4.78, 5) is 12.3. The predicted octanol–water partition coefficient (Wildman–Crippen LogP) is 5.91. The van der Waals surface area contributed by atoms with Crippen molar-refractivity contribution < 1.29 is 13.9 Å². The topological polar surface area (TPSA) is 51.5 Å². The van der Waals surface area contributed by atoms with Gasteiger partial charge in [0.05, 0.1) is 10.0 Å². The molecule has 1 amide bonds. The number of carbonyl (C=O) groups excluding carboxylic acids is 1. The predicted molar refractivity (Wildman–Crippen MR) is 106 cm³/mol. The Morgan fingerprint density at radius 3 is 2.70 bits per heavy atom. The van der Waals surface area contributed by atoms with Crippen LogP contribution in [-0.2, 0) is 19.4 Å². The minimum atomic E-state index is -0.364. The van der Waals surface area contributed by atoms with Crippen LogP contribution in [0.4, 0.5) is 5.69 Å². The maximum absolute atomic E-state index is 12.3. The van der Waals surface area contributed by atoms with Gasteiger partial charge in [0.2, 0.25) is 0 Å². The van der Waals surface area contributed by atoms with Crippen LogP contribution in [0.25, 0.3) is 0 Å². The first-order valence-corrected chi connectivity index (χ1v) is 9.44. The van der Waals surface area contributed by atoms with E-state index in [0.29, 0.717) is 21.5 Å². The lowest BCUT2D eigenvalue weighted by molar-refractivity contribution is 0.0992. The quantitative estimate of drug-likeness (QED) is 0.578. The van der Waals surface area contributed by atoms with E-state index >= 15 is 0 Å². The Kier molecular flexibility index (Phi) is 5.10. The number of rotatable bonds is 5. The summed E-state index contributed by atoms with van der Waals surface area (Å²) in [6.07, 6.45) is 3.45. The summed E-state index contributed by atoms with van der Waals surface area (Å²) in [6, 6.07) is 14.4. The number of carbonyl (C=O) groups is 1. The summed E-state index contributed by atoms with van der Waals surface area (Å²) < 4.78 is 11.4. The fourth-order valence-electron chi connectivity index (χ4n) is 3.14. The maximum atomic E-state index is 12.3. The van der Waals surface area contributed by atoms with E-state index in [-0.39, 0.29) is 18.3 Å². The highest BCUT2D eigenvalue weighted by molar-refractivity contribution is 6.42. The van der Waals surface area contributed by atoms with Crippen LogP contribution in [0.2, 0.25) is 10.0 Å². The van der Waals surface area contributed by atoms with E-state index in [9.17, 15) is 4.79 Å². The molecule has 4 nitrogen and oxygen atoms in total. The van der Waals surface area contributed by atoms with Crippen molar-refractivity contribution >= 4 is 34.8 Å². The van der Waals surface area contributed by atoms with Crippen LogP contribution in [0.3, 0.4) is 0 Å². The molecule has 0 saturated carbocycles. The van der Waals surface area contributed by atoms with Gasteiger partial charge in [0.15, 0.2) is 5.76 Å². The van der Waals surface area contributed by atoms with Gasteiger partial charge in [0.1, 0.15) is 18.1 Å². The lowest BCUT2D eigenvalue weighted by Crippen LogP contribution is -2.10. The number of nitrogens with one attached hydrogen (secondary N) is 1. The van der Waals surface area contributed by atoms with Gasteiger partial charge in [-0.2, -0.15) is 0 Å². The lowest BCUT2D eigenvalue weighted by atomic mass is 10.1. The molecule has 27 heavy (non-hydrogen) atoms. The SMILES string of the molecule is O=C(Nc1ccc(Cl)c(Cl)c1)c1ccc(COc2ccc3c(c2)CCC3)o1. The largest absolute Gasteiger partial charge is 0.486 e. The minimum Gasteiger partial charge on any atom is -0.486 e. The Balaban J connectivity index is 1.37. The van der Waals surface area contributed by atoms with Gasteiger partial charge in [0.25, 0.3) is 5.91 Å². The second-order valence-corrected chi connectivity index (χ2v) is 7.24. The molecule has 0 radical (unpaired) electrons. The van der Waals surface area contributed by atoms with Gasteiger partial charge in [-0.05, 0) is 72.9 Å². The van der Waals surface area contributed by atoms with Gasteiger partial charge in [-0.3, -0.25) is 4.79 Å². The number of furan rings is 1. The van der Waals surface area contributed by atoms with Crippen molar-refractivity contribution in [3.63, 3.8) is 0 Å². The molecule has 1 aromatic heterocycles. The van der Waals surface area contributed by atoms with Gasteiger partial charge in [-0.25, -0.2) is 0 Å². The molecule has 138 valence electrons. The lowest BCUT2D eigenvalue weighted by Gasteiger charge is -2.07. The number of amides is 1. The number of halogens is 2. The number of aryl methyl sites for hydroxylation is 2. The smallest absolute Gasteiger partial charge is 0.291 e. The monoisotopic (exact) mass is 401 g/mol. The number of benzene rings is 2. The van der Waals surface area contributed by atoms with E-state index in [1.807, 2.05) is 6.07 Å². The third-order valence-corrected chi connectivity index (χ3v) is 5.25. The average Bonchev–Trinajstić information content (AvgIpc) is 3.31. The van der Waals surface area contributed by atoms with Crippen molar-refractivity contribution in [2.75, 3.05) is 5.32 Å². The van der Waals surface area contributed by atoms with Gasteiger partial charge in [0, 0.05) is 5.69 Å². The Labute approximate surface area is 167 Å². The maximum Gasteiger partial charge on any atom is 0.291 e. The van der Waals surface area contributed by atoms with E-state index in [1.165, 1.54) is 17.5 Å². The molecule has 1 aliphatic carbocycles. The van der Waals surface area contributed by atoms with Crippen molar-refractivity contribution in [3.05, 3.63) is 81.2 Å². The number of fused-ring (bicyclic) bond motifs is 1. The van der Waals surface area contributed by atoms with Crippen molar-refractivity contribution in [1.82, 2.24) is 0 Å². The Morgan fingerprint density at radius 2 is 1.85 bits per heavy atom. The number of ether oxygens (including phenoxy) is 1. The average molecular weight is 402 g/mol. The zero-order valence-corrected chi connectivity index (χ0v) is 15.9. The summed E-state index contributed by atoms with van der Waals surface area (Å²) in [5.41, 5.74) is 3.30. The van der Waals surface area contributed by atoms with Gasteiger partial charge < -0.3 is 14.5 Å². The standard InChI is InChI=1S/C21H17Cl2NO3/c22-18-8-5-15(11-19(18)23)24-21(25)20-9-7-17(27-20)12-26-16-6-4-13-2-1-3-14(13)10-16/h4-11H,1-3,12H2,(H,24,25). The van der Waals surface area contributed by atoms with Gasteiger partial charge >= 0.3 is 0 Å².